The van der Waals surface area contributed by atoms with Gasteiger partial charge in [0.15, 0.2) is 11.6 Å². The first-order chi connectivity index (χ1) is 11.4. The van der Waals surface area contributed by atoms with Crippen molar-refractivity contribution in [2.24, 2.45) is 0 Å². The number of para-hydroxylation sites is 1. The summed E-state index contributed by atoms with van der Waals surface area (Å²) in [6.45, 7) is 0.318. The zero-order valence-electron chi connectivity index (χ0n) is 12.7. The van der Waals surface area contributed by atoms with E-state index in [1.54, 1.807) is 13.1 Å². The van der Waals surface area contributed by atoms with Crippen molar-refractivity contribution in [3.05, 3.63) is 68.5 Å². The number of hydrogen-bond acceptors (Lipinski definition) is 6. The fourth-order valence-corrected chi connectivity index (χ4v) is 2.07. The van der Waals surface area contributed by atoms with Gasteiger partial charge in [0, 0.05) is 13.1 Å². The van der Waals surface area contributed by atoms with Gasteiger partial charge in [-0.25, -0.2) is 4.39 Å². The monoisotopic (exact) mass is 335 g/mol. The summed E-state index contributed by atoms with van der Waals surface area (Å²) in [6, 6.07) is 9.31. The number of anilines is 1. The topological polar surface area (TPSA) is 98.8 Å². The lowest BCUT2D eigenvalue weighted by Gasteiger charge is -2.19. The van der Waals surface area contributed by atoms with Gasteiger partial charge in [0.1, 0.15) is 12.3 Å². The highest BCUT2D eigenvalue weighted by Gasteiger charge is 2.21. The molecule has 24 heavy (non-hydrogen) atoms. The van der Waals surface area contributed by atoms with E-state index in [4.69, 9.17) is 4.74 Å². The summed E-state index contributed by atoms with van der Waals surface area (Å²) >= 11 is 0. The van der Waals surface area contributed by atoms with Gasteiger partial charge in [0.2, 0.25) is 0 Å². The molecule has 2 rings (SSSR count). The third-order valence-electron chi connectivity index (χ3n) is 3.30. The van der Waals surface area contributed by atoms with Crippen LogP contribution < -0.4 is 9.64 Å². The number of nitro benzene ring substituents is 2. The number of nitrogens with zero attached hydrogens (tertiary/aromatic N) is 3. The van der Waals surface area contributed by atoms with Crippen molar-refractivity contribution < 1.29 is 19.0 Å². The molecule has 0 saturated heterocycles. The van der Waals surface area contributed by atoms with E-state index in [0.717, 1.165) is 6.07 Å². The molecule has 126 valence electrons. The molecule has 0 amide bonds. The molecular weight excluding hydrogens is 321 g/mol. The molecule has 0 fully saturated rings. The molecule has 0 heterocycles. The van der Waals surface area contributed by atoms with Crippen LogP contribution in [0.4, 0.5) is 21.5 Å². The van der Waals surface area contributed by atoms with Gasteiger partial charge in [-0.05, 0) is 18.2 Å². The van der Waals surface area contributed by atoms with E-state index in [0.29, 0.717) is 0 Å². The quantitative estimate of drug-likeness (QED) is 0.569. The Labute approximate surface area is 136 Å². The van der Waals surface area contributed by atoms with Crippen LogP contribution in [0.15, 0.2) is 42.5 Å². The van der Waals surface area contributed by atoms with E-state index in [1.807, 2.05) is 0 Å². The van der Waals surface area contributed by atoms with Crippen molar-refractivity contribution in [1.29, 1.82) is 0 Å². The molecule has 0 spiro atoms. The molecule has 0 aliphatic carbocycles. The Kier molecular flexibility index (Phi) is 5.25. The maximum absolute atomic E-state index is 13.4. The average Bonchev–Trinajstić information content (AvgIpc) is 2.55. The van der Waals surface area contributed by atoms with Crippen LogP contribution in [-0.4, -0.2) is 30.0 Å². The zero-order valence-corrected chi connectivity index (χ0v) is 12.7. The van der Waals surface area contributed by atoms with Crippen molar-refractivity contribution in [2.75, 3.05) is 25.1 Å². The Morgan fingerprint density at radius 2 is 1.83 bits per heavy atom. The van der Waals surface area contributed by atoms with Gasteiger partial charge in [0.25, 0.3) is 11.4 Å². The highest BCUT2D eigenvalue weighted by molar-refractivity contribution is 5.66. The molecule has 8 nitrogen and oxygen atoms in total. The summed E-state index contributed by atoms with van der Waals surface area (Å²) < 4.78 is 18.7. The third-order valence-corrected chi connectivity index (χ3v) is 3.30. The first kappa shape index (κ1) is 17.1. The molecule has 0 aromatic heterocycles. The average molecular weight is 335 g/mol. The number of nitro groups is 2. The van der Waals surface area contributed by atoms with Gasteiger partial charge >= 0.3 is 0 Å². The molecule has 0 atom stereocenters. The van der Waals surface area contributed by atoms with E-state index < -0.39 is 15.7 Å². The van der Waals surface area contributed by atoms with E-state index in [9.17, 15) is 24.6 Å². The van der Waals surface area contributed by atoms with Crippen LogP contribution in [0, 0.1) is 26.0 Å². The summed E-state index contributed by atoms with van der Waals surface area (Å²) in [6.07, 6.45) is 0. The number of benzene rings is 2. The van der Waals surface area contributed by atoms with Crippen molar-refractivity contribution in [3.8, 4) is 5.75 Å². The fraction of sp³-hybridized carbons (Fsp3) is 0.200. The molecule has 2 aromatic carbocycles. The van der Waals surface area contributed by atoms with Crippen LogP contribution in [0.3, 0.4) is 0 Å². The van der Waals surface area contributed by atoms with Crippen LogP contribution >= 0.6 is 0 Å². The first-order valence-electron chi connectivity index (χ1n) is 6.91. The van der Waals surface area contributed by atoms with Gasteiger partial charge in [-0.15, -0.1) is 0 Å². The van der Waals surface area contributed by atoms with Crippen molar-refractivity contribution >= 4 is 17.1 Å². The standard InChI is InChI=1S/C15H14FN3O5/c1-17(8-9-24-15-5-3-2-4-12(15)16)13-7-6-11(18(20)21)10-14(13)19(22)23/h2-7,10H,8-9H2,1H3. The lowest BCUT2D eigenvalue weighted by atomic mass is 10.2. The highest BCUT2D eigenvalue weighted by Crippen LogP contribution is 2.31. The smallest absolute Gasteiger partial charge is 0.299 e. The maximum atomic E-state index is 13.4. The number of non-ortho nitro benzene ring substituents is 1. The summed E-state index contributed by atoms with van der Waals surface area (Å²) in [5.41, 5.74) is -0.526. The second-order valence-electron chi connectivity index (χ2n) is 4.89. The molecule has 9 heteroatoms. The van der Waals surface area contributed by atoms with E-state index >= 15 is 0 Å². The van der Waals surface area contributed by atoms with Gasteiger partial charge in [-0.3, -0.25) is 20.2 Å². The van der Waals surface area contributed by atoms with E-state index in [1.165, 1.54) is 35.2 Å². The van der Waals surface area contributed by atoms with Crippen LogP contribution in [0.1, 0.15) is 0 Å². The SMILES string of the molecule is CN(CCOc1ccccc1F)c1ccc([N+](=O)[O-])cc1[N+](=O)[O-]. The Balaban J connectivity index is 2.09. The minimum atomic E-state index is -0.696. The normalized spacial score (nSPS) is 10.2. The summed E-state index contributed by atoms with van der Waals surface area (Å²) in [5, 5.41) is 21.8. The summed E-state index contributed by atoms with van der Waals surface area (Å²) in [7, 11) is 1.58. The molecule has 2 aromatic rings. The third kappa shape index (κ3) is 3.94. The highest BCUT2D eigenvalue weighted by atomic mass is 19.1. The fourth-order valence-electron chi connectivity index (χ4n) is 2.07. The molecule has 0 bridgehead atoms. The van der Waals surface area contributed by atoms with Crippen molar-refractivity contribution in [3.63, 3.8) is 0 Å². The molecule has 0 saturated carbocycles. The number of ether oxygens (including phenoxy) is 1. The largest absolute Gasteiger partial charge is 0.489 e. The van der Waals surface area contributed by atoms with E-state index in [2.05, 4.69) is 0 Å². The Bertz CT molecular complexity index is 769. The molecule has 0 aliphatic rings. The predicted molar refractivity (Wildman–Crippen MR) is 84.9 cm³/mol. The first-order valence-corrected chi connectivity index (χ1v) is 6.91. The number of rotatable bonds is 7. The van der Waals surface area contributed by atoms with Gasteiger partial charge in [-0.1, -0.05) is 12.1 Å². The van der Waals surface area contributed by atoms with Gasteiger partial charge in [0.05, 0.1) is 22.5 Å². The number of halogens is 1. The lowest BCUT2D eigenvalue weighted by molar-refractivity contribution is -0.393. The second-order valence-corrected chi connectivity index (χ2v) is 4.89. The Hall–Kier alpha value is -3.23. The van der Waals surface area contributed by atoms with Gasteiger partial charge < -0.3 is 9.64 Å². The molecule has 0 unspecified atom stereocenters. The minimum absolute atomic E-state index is 0.0871. The molecule has 0 radical (unpaired) electrons. The lowest BCUT2D eigenvalue weighted by Crippen LogP contribution is -2.24. The zero-order chi connectivity index (χ0) is 17.7. The molecule has 0 aliphatic heterocycles. The van der Waals surface area contributed by atoms with Crippen molar-refractivity contribution in [1.82, 2.24) is 0 Å². The summed E-state index contributed by atoms with van der Waals surface area (Å²) in [4.78, 5) is 22.0. The maximum Gasteiger partial charge on any atom is 0.299 e. The van der Waals surface area contributed by atoms with E-state index in [-0.39, 0.29) is 36.0 Å². The number of hydrogen-bond donors (Lipinski definition) is 0. The Morgan fingerprint density at radius 1 is 1.12 bits per heavy atom. The second kappa shape index (κ2) is 7.36. The van der Waals surface area contributed by atoms with Crippen LogP contribution in [0.5, 0.6) is 5.75 Å². The molecule has 0 N–H and O–H groups in total. The van der Waals surface area contributed by atoms with Crippen LogP contribution in [0.25, 0.3) is 0 Å². The Morgan fingerprint density at radius 3 is 2.46 bits per heavy atom. The predicted octanol–water partition coefficient (Wildman–Crippen LogP) is 3.16. The van der Waals surface area contributed by atoms with Crippen molar-refractivity contribution in [2.45, 2.75) is 0 Å². The minimum Gasteiger partial charge on any atom is -0.489 e. The van der Waals surface area contributed by atoms with Gasteiger partial charge in [-0.2, -0.15) is 0 Å². The van der Waals surface area contributed by atoms with Crippen LogP contribution in [-0.2, 0) is 0 Å². The molecular formula is C15H14FN3O5. The summed E-state index contributed by atoms with van der Waals surface area (Å²) in [5.74, 6) is -0.412. The number of likely N-dealkylation sites (N-methyl/N-ethyl adjacent to an activating group) is 1. The van der Waals surface area contributed by atoms with Crippen LogP contribution in [0.2, 0.25) is 0 Å².